The Balaban J connectivity index is 2.25. The van der Waals surface area contributed by atoms with Crippen molar-refractivity contribution in [1.29, 1.82) is 0 Å². The minimum atomic E-state index is -1.42. The number of halogens is 2. The van der Waals surface area contributed by atoms with E-state index in [4.69, 9.17) is 9.84 Å². The summed E-state index contributed by atoms with van der Waals surface area (Å²) in [5.74, 6) is -0.727. The first-order valence-corrected chi connectivity index (χ1v) is 6.25. The fraction of sp³-hybridized carbons (Fsp3) is 0.167. The topological polar surface area (TPSA) is 64.3 Å². The van der Waals surface area contributed by atoms with Crippen LogP contribution in [0.3, 0.4) is 0 Å². The standard InChI is InChI=1S/C12H8BrFN2O3/c13-6-1-2-11-10(3-6)16-9(7(14)5-19-11)4-8(15-16)12(17)18/h1-4,7H,5H2,(H,17,18). The average Bonchev–Trinajstić information content (AvgIpc) is 2.77. The summed E-state index contributed by atoms with van der Waals surface area (Å²) in [5, 5.41) is 12.9. The lowest BCUT2D eigenvalue weighted by molar-refractivity contribution is 0.0690. The summed E-state index contributed by atoms with van der Waals surface area (Å²) in [7, 11) is 0. The maximum Gasteiger partial charge on any atom is 0.356 e. The Morgan fingerprint density at radius 2 is 2.32 bits per heavy atom. The first-order valence-electron chi connectivity index (χ1n) is 5.46. The molecule has 1 aromatic heterocycles. The van der Waals surface area contributed by atoms with E-state index >= 15 is 0 Å². The van der Waals surface area contributed by atoms with E-state index in [1.54, 1.807) is 18.2 Å². The smallest absolute Gasteiger partial charge is 0.356 e. The molecule has 2 aromatic rings. The first-order chi connectivity index (χ1) is 9.06. The molecule has 0 saturated heterocycles. The predicted octanol–water partition coefficient (Wildman–Crippen LogP) is 2.74. The van der Waals surface area contributed by atoms with E-state index in [1.165, 1.54) is 10.7 Å². The molecule has 3 rings (SSSR count). The van der Waals surface area contributed by atoms with Crippen LogP contribution in [-0.4, -0.2) is 27.5 Å². The fourth-order valence-electron chi connectivity index (χ4n) is 1.94. The van der Waals surface area contributed by atoms with Gasteiger partial charge in [-0.05, 0) is 24.3 Å². The zero-order valence-electron chi connectivity index (χ0n) is 9.51. The number of ether oxygens (including phenoxy) is 1. The summed E-state index contributed by atoms with van der Waals surface area (Å²) in [4.78, 5) is 11.0. The monoisotopic (exact) mass is 326 g/mol. The number of rotatable bonds is 1. The van der Waals surface area contributed by atoms with Gasteiger partial charge in [0.05, 0.1) is 5.69 Å². The fourth-order valence-corrected chi connectivity index (χ4v) is 2.29. The van der Waals surface area contributed by atoms with Crippen LogP contribution < -0.4 is 4.74 Å². The van der Waals surface area contributed by atoms with Gasteiger partial charge in [0.25, 0.3) is 0 Å². The number of alkyl halides is 1. The van der Waals surface area contributed by atoms with E-state index in [-0.39, 0.29) is 18.0 Å². The third-order valence-corrected chi connectivity index (χ3v) is 3.30. The van der Waals surface area contributed by atoms with E-state index in [0.29, 0.717) is 11.4 Å². The molecular weight excluding hydrogens is 319 g/mol. The van der Waals surface area contributed by atoms with E-state index in [9.17, 15) is 9.18 Å². The molecule has 1 atom stereocenters. The Hall–Kier alpha value is -1.89. The number of carbonyl (C=O) groups is 1. The number of benzene rings is 1. The van der Waals surface area contributed by atoms with Crippen molar-refractivity contribution in [3.8, 4) is 11.4 Å². The average molecular weight is 327 g/mol. The number of aromatic nitrogens is 2. The molecule has 0 bridgehead atoms. The van der Waals surface area contributed by atoms with E-state index < -0.39 is 12.1 Å². The molecule has 1 N–H and O–H groups in total. The molecule has 1 unspecified atom stereocenters. The number of fused-ring (bicyclic) bond motifs is 3. The van der Waals surface area contributed by atoms with E-state index in [0.717, 1.165) is 4.47 Å². The lowest BCUT2D eigenvalue weighted by Crippen LogP contribution is -2.05. The Labute approximate surface area is 115 Å². The lowest BCUT2D eigenvalue weighted by atomic mass is 10.2. The second kappa shape index (κ2) is 4.34. The molecule has 0 aliphatic carbocycles. The van der Waals surface area contributed by atoms with E-state index in [2.05, 4.69) is 21.0 Å². The van der Waals surface area contributed by atoms with Gasteiger partial charge in [0.2, 0.25) is 0 Å². The van der Waals surface area contributed by atoms with Crippen molar-refractivity contribution in [2.45, 2.75) is 6.17 Å². The molecule has 0 amide bonds. The molecule has 0 saturated carbocycles. The number of hydrogen-bond acceptors (Lipinski definition) is 3. The predicted molar refractivity (Wildman–Crippen MR) is 67.6 cm³/mol. The maximum absolute atomic E-state index is 14.0. The number of carboxylic acids is 1. The number of hydrogen-bond donors (Lipinski definition) is 1. The van der Waals surface area contributed by atoms with E-state index in [1.807, 2.05) is 0 Å². The van der Waals surface area contributed by atoms with Crippen LogP contribution >= 0.6 is 15.9 Å². The normalized spacial score (nSPS) is 17.1. The Kier molecular flexibility index (Phi) is 2.78. The summed E-state index contributed by atoms with van der Waals surface area (Å²) >= 11 is 3.31. The van der Waals surface area contributed by atoms with Crippen LogP contribution in [0.25, 0.3) is 5.69 Å². The highest BCUT2D eigenvalue weighted by atomic mass is 79.9. The Bertz CT molecular complexity index is 671. The highest BCUT2D eigenvalue weighted by Crippen LogP contribution is 2.34. The third-order valence-electron chi connectivity index (χ3n) is 2.81. The van der Waals surface area contributed by atoms with Gasteiger partial charge in [0.1, 0.15) is 18.0 Å². The molecule has 0 spiro atoms. The molecule has 1 aliphatic heterocycles. The maximum atomic E-state index is 14.0. The van der Waals surface area contributed by atoms with Gasteiger partial charge in [-0.2, -0.15) is 5.10 Å². The minimum absolute atomic E-state index is 0.167. The minimum Gasteiger partial charge on any atom is -0.488 e. The van der Waals surface area contributed by atoms with Gasteiger partial charge in [-0.25, -0.2) is 13.9 Å². The van der Waals surface area contributed by atoms with Gasteiger partial charge < -0.3 is 9.84 Å². The van der Waals surface area contributed by atoms with Crippen LogP contribution in [0.2, 0.25) is 0 Å². The summed E-state index contributed by atoms with van der Waals surface area (Å²) in [6, 6.07) is 6.38. The van der Waals surface area contributed by atoms with Crippen LogP contribution in [0.4, 0.5) is 4.39 Å². The van der Waals surface area contributed by atoms with Crippen molar-refractivity contribution in [3.05, 3.63) is 40.1 Å². The molecule has 5 nitrogen and oxygen atoms in total. The first kappa shape index (κ1) is 12.2. The molecule has 19 heavy (non-hydrogen) atoms. The van der Waals surface area contributed by atoms with Gasteiger partial charge in [0.15, 0.2) is 11.9 Å². The molecule has 0 radical (unpaired) electrons. The van der Waals surface area contributed by atoms with Crippen molar-refractivity contribution in [3.63, 3.8) is 0 Å². The summed E-state index contributed by atoms with van der Waals surface area (Å²) < 4.78 is 21.4. The number of carboxylic acid groups (broad SMARTS) is 1. The highest BCUT2D eigenvalue weighted by Gasteiger charge is 2.26. The van der Waals surface area contributed by atoms with Crippen molar-refractivity contribution in [2.75, 3.05) is 6.61 Å². The summed E-state index contributed by atoms with van der Waals surface area (Å²) in [6.07, 6.45) is -1.42. The summed E-state index contributed by atoms with van der Waals surface area (Å²) in [6.45, 7) is -0.167. The number of aromatic carboxylic acids is 1. The quantitative estimate of drug-likeness (QED) is 0.875. The van der Waals surface area contributed by atoms with Crippen molar-refractivity contribution < 1.29 is 19.0 Å². The van der Waals surface area contributed by atoms with Crippen molar-refractivity contribution in [1.82, 2.24) is 9.78 Å². The Morgan fingerprint density at radius 1 is 1.53 bits per heavy atom. The number of nitrogens with zero attached hydrogens (tertiary/aromatic N) is 2. The zero-order valence-corrected chi connectivity index (χ0v) is 11.1. The molecular formula is C12H8BrFN2O3. The van der Waals surface area contributed by atoms with Crippen molar-refractivity contribution >= 4 is 21.9 Å². The highest BCUT2D eigenvalue weighted by molar-refractivity contribution is 9.10. The van der Waals surface area contributed by atoms with Crippen LogP contribution in [0, 0.1) is 0 Å². The second-order valence-electron chi connectivity index (χ2n) is 4.06. The van der Waals surface area contributed by atoms with Crippen molar-refractivity contribution in [2.24, 2.45) is 0 Å². The molecule has 7 heteroatoms. The van der Waals surface area contributed by atoms with Crippen LogP contribution in [0.15, 0.2) is 28.7 Å². The Morgan fingerprint density at radius 3 is 3.05 bits per heavy atom. The van der Waals surface area contributed by atoms with Gasteiger partial charge in [0, 0.05) is 4.47 Å². The third kappa shape index (κ3) is 1.99. The van der Waals surface area contributed by atoms with Crippen LogP contribution in [-0.2, 0) is 0 Å². The SMILES string of the molecule is O=C(O)c1cc2n(n1)-c1cc(Br)ccc1OCC2F. The summed E-state index contributed by atoms with van der Waals surface area (Å²) in [5.41, 5.74) is 0.497. The van der Waals surface area contributed by atoms with Gasteiger partial charge >= 0.3 is 5.97 Å². The molecule has 98 valence electrons. The molecule has 0 fully saturated rings. The van der Waals surface area contributed by atoms with Crippen LogP contribution in [0.5, 0.6) is 5.75 Å². The molecule has 2 heterocycles. The molecule has 1 aromatic carbocycles. The second-order valence-corrected chi connectivity index (χ2v) is 4.98. The molecule has 1 aliphatic rings. The largest absolute Gasteiger partial charge is 0.488 e. The zero-order chi connectivity index (χ0) is 13.6. The van der Waals surface area contributed by atoms with Gasteiger partial charge in [-0.3, -0.25) is 0 Å². The van der Waals surface area contributed by atoms with Gasteiger partial charge in [-0.1, -0.05) is 15.9 Å². The van der Waals surface area contributed by atoms with Crippen LogP contribution in [0.1, 0.15) is 22.4 Å². The van der Waals surface area contributed by atoms with Gasteiger partial charge in [-0.15, -0.1) is 0 Å². The lowest BCUT2D eigenvalue weighted by Gasteiger charge is -2.07.